The van der Waals surface area contributed by atoms with Gasteiger partial charge in [0.25, 0.3) is 0 Å². The fourth-order valence-electron chi connectivity index (χ4n) is 1.98. The second kappa shape index (κ2) is 6.23. The van der Waals surface area contributed by atoms with Gasteiger partial charge in [-0.3, -0.25) is 0 Å². The number of carbonyl (C=O) groups is 1. The molecule has 2 rings (SSSR count). The van der Waals surface area contributed by atoms with Crippen molar-refractivity contribution in [3.05, 3.63) is 53.6 Å². The quantitative estimate of drug-likeness (QED) is 0.854. The third-order valence-electron chi connectivity index (χ3n) is 2.85. The van der Waals surface area contributed by atoms with Gasteiger partial charge in [0.2, 0.25) is 0 Å². The molecule has 4 nitrogen and oxygen atoms in total. The molecule has 2 aromatic rings. The number of carbonyl (C=O) groups excluding carboxylic acids is 1. The molecule has 0 aliphatic rings. The van der Waals surface area contributed by atoms with Crippen LogP contribution in [0.1, 0.15) is 29.4 Å². The Balaban J connectivity index is 2.05. The first kappa shape index (κ1) is 14.1. The summed E-state index contributed by atoms with van der Waals surface area (Å²) in [6.45, 7) is 2.74. The second-order valence-electron chi connectivity index (χ2n) is 4.56. The van der Waals surface area contributed by atoms with Gasteiger partial charge >= 0.3 is 5.97 Å². The standard InChI is InChI=1S/C15H17FN2O2/c1-2-6-18-9-13(17)8-14(18)15(19)20-10-11-4-3-5-12(16)7-11/h3-5,7-9H,2,6,10,17H2,1H3. The molecule has 1 heterocycles. The van der Waals surface area contributed by atoms with Crippen LogP contribution >= 0.6 is 0 Å². The molecule has 0 aliphatic carbocycles. The minimum atomic E-state index is -0.459. The number of anilines is 1. The van der Waals surface area contributed by atoms with Crippen molar-refractivity contribution in [2.24, 2.45) is 0 Å². The number of hydrogen-bond acceptors (Lipinski definition) is 3. The van der Waals surface area contributed by atoms with E-state index in [0.29, 0.717) is 23.5 Å². The molecular weight excluding hydrogens is 259 g/mol. The lowest BCUT2D eigenvalue weighted by atomic mass is 10.2. The van der Waals surface area contributed by atoms with Gasteiger partial charge < -0.3 is 15.0 Å². The maximum absolute atomic E-state index is 13.0. The molecule has 5 heteroatoms. The molecule has 0 saturated heterocycles. The van der Waals surface area contributed by atoms with Gasteiger partial charge in [-0.15, -0.1) is 0 Å². The molecule has 0 fully saturated rings. The summed E-state index contributed by atoms with van der Waals surface area (Å²) in [5.41, 5.74) is 7.25. The Kier molecular flexibility index (Phi) is 4.40. The summed E-state index contributed by atoms with van der Waals surface area (Å²) in [5.74, 6) is -0.809. The smallest absolute Gasteiger partial charge is 0.355 e. The molecule has 0 saturated carbocycles. The van der Waals surface area contributed by atoms with Crippen molar-refractivity contribution in [1.82, 2.24) is 4.57 Å². The zero-order valence-corrected chi connectivity index (χ0v) is 11.3. The van der Waals surface area contributed by atoms with Crippen LogP contribution in [-0.2, 0) is 17.9 Å². The van der Waals surface area contributed by atoms with Gasteiger partial charge in [-0.25, -0.2) is 9.18 Å². The highest BCUT2D eigenvalue weighted by atomic mass is 19.1. The molecule has 1 aromatic heterocycles. The molecule has 106 valence electrons. The average molecular weight is 276 g/mol. The molecule has 0 radical (unpaired) electrons. The molecule has 0 bridgehead atoms. The second-order valence-corrected chi connectivity index (χ2v) is 4.56. The van der Waals surface area contributed by atoms with Crippen LogP contribution in [-0.4, -0.2) is 10.5 Å². The number of rotatable bonds is 5. The Bertz CT molecular complexity index is 608. The van der Waals surface area contributed by atoms with Crippen molar-refractivity contribution in [3.8, 4) is 0 Å². The van der Waals surface area contributed by atoms with Crippen LogP contribution in [0.15, 0.2) is 36.5 Å². The summed E-state index contributed by atoms with van der Waals surface area (Å²) in [6, 6.07) is 7.56. The zero-order valence-electron chi connectivity index (χ0n) is 11.3. The van der Waals surface area contributed by atoms with Gasteiger partial charge in [0.15, 0.2) is 0 Å². The third kappa shape index (κ3) is 3.38. The van der Waals surface area contributed by atoms with E-state index in [0.717, 1.165) is 6.42 Å². The fourth-order valence-corrected chi connectivity index (χ4v) is 1.98. The first-order valence-corrected chi connectivity index (χ1v) is 6.47. The minimum Gasteiger partial charge on any atom is -0.456 e. The summed E-state index contributed by atoms with van der Waals surface area (Å²) in [5, 5.41) is 0. The molecule has 0 amide bonds. The summed E-state index contributed by atoms with van der Waals surface area (Å²) < 4.78 is 20.0. The van der Waals surface area contributed by atoms with E-state index < -0.39 is 5.97 Å². The van der Waals surface area contributed by atoms with E-state index in [1.165, 1.54) is 12.1 Å². The molecule has 0 aliphatic heterocycles. The van der Waals surface area contributed by atoms with Gasteiger partial charge in [-0.05, 0) is 30.2 Å². The van der Waals surface area contributed by atoms with E-state index in [2.05, 4.69) is 0 Å². The van der Waals surface area contributed by atoms with Gasteiger partial charge in [-0.2, -0.15) is 0 Å². The van der Waals surface area contributed by atoms with E-state index >= 15 is 0 Å². The summed E-state index contributed by atoms with van der Waals surface area (Å²) in [6.07, 6.45) is 2.60. The number of aromatic nitrogens is 1. The molecular formula is C15H17FN2O2. The van der Waals surface area contributed by atoms with Gasteiger partial charge in [-0.1, -0.05) is 19.1 Å². The van der Waals surface area contributed by atoms with Crippen molar-refractivity contribution < 1.29 is 13.9 Å². The van der Waals surface area contributed by atoms with E-state index in [-0.39, 0.29) is 12.4 Å². The first-order chi connectivity index (χ1) is 9.60. The third-order valence-corrected chi connectivity index (χ3v) is 2.85. The lowest BCUT2D eigenvalue weighted by molar-refractivity contribution is 0.0459. The molecule has 0 unspecified atom stereocenters. The molecule has 2 N–H and O–H groups in total. The van der Waals surface area contributed by atoms with E-state index in [9.17, 15) is 9.18 Å². The van der Waals surface area contributed by atoms with Crippen LogP contribution in [0.4, 0.5) is 10.1 Å². The largest absolute Gasteiger partial charge is 0.456 e. The summed E-state index contributed by atoms with van der Waals surface area (Å²) in [7, 11) is 0. The van der Waals surface area contributed by atoms with Crippen LogP contribution in [0.25, 0.3) is 0 Å². The van der Waals surface area contributed by atoms with Crippen LogP contribution < -0.4 is 5.73 Å². The average Bonchev–Trinajstić information content (AvgIpc) is 2.78. The van der Waals surface area contributed by atoms with E-state index in [1.807, 2.05) is 6.92 Å². The Morgan fingerprint density at radius 3 is 2.90 bits per heavy atom. The van der Waals surface area contributed by atoms with Crippen molar-refractivity contribution >= 4 is 11.7 Å². The predicted molar refractivity (Wildman–Crippen MR) is 74.7 cm³/mol. The Morgan fingerprint density at radius 2 is 2.20 bits per heavy atom. The normalized spacial score (nSPS) is 10.5. The van der Waals surface area contributed by atoms with Crippen LogP contribution in [0.5, 0.6) is 0 Å². The molecule has 0 atom stereocenters. The first-order valence-electron chi connectivity index (χ1n) is 6.47. The SMILES string of the molecule is CCCn1cc(N)cc1C(=O)OCc1cccc(F)c1. The van der Waals surface area contributed by atoms with E-state index in [4.69, 9.17) is 10.5 Å². The molecule has 20 heavy (non-hydrogen) atoms. The maximum atomic E-state index is 13.0. The van der Waals surface area contributed by atoms with Crippen molar-refractivity contribution in [1.29, 1.82) is 0 Å². The number of nitrogens with two attached hydrogens (primary N) is 1. The highest BCUT2D eigenvalue weighted by molar-refractivity contribution is 5.89. The van der Waals surface area contributed by atoms with Crippen molar-refractivity contribution in [2.45, 2.75) is 26.5 Å². The summed E-state index contributed by atoms with van der Waals surface area (Å²) >= 11 is 0. The number of hydrogen-bond donors (Lipinski definition) is 1. The van der Waals surface area contributed by atoms with Gasteiger partial charge in [0, 0.05) is 12.7 Å². The minimum absolute atomic E-state index is 0.0355. The number of esters is 1. The van der Waals surface area contributed by atoms with Crippen molar-refractivity contribution in [2.75, 3.05) is 5.73 Å². The lowest BCUT2D eigenvalue weighted by Gasteiger charge is -2.08. The fraction of sp³-hybridized carbons (Fsp3) is 0.267. The van der Waals surface area contributed by atoms with Crippen molar-refractivity contribution in [3.63, 3.8) is 0 Å². The molecule has 1 aromatic carbocycles. The number of nitrogen functional groups attached to an aromatic ring is 1. The van der Waals surface area contributed by atoms with Crippen LogP contribution in [0.3, 0.4) is 0 Å². The molecule has 0 spiro atoms. The Hall–Kier alpha value is -2.30. The predicted octanol–water partition coefficient (Wildman–Crippen LogP) is 2.98. The highest BCUT2D eigenvalue weighted by Gasteiger charge is 2.14. The Labute approximate surface area is 117 Å². The lowest BCUT2D eigenvalue weighted by Crippen LogP contribution is -2.11. The Morgan fingerprint density at radius 1 is 1.40 bits per heavy atom. The van der Waals surface area contributed by atoms with Crippen LogP contribution in [0, 0.1) is 5.82 Å². The summed E-state index contributed by atoms with van der Waals surface area (Å²) in [4.78, 5) is 12.0. The number of halogens is 1. The van der Waals surface area contributed by atoms with E-state index in [1.54, 1.807) is 29.0 Å². The van der Waals surface area contributed by atoms with Gasteiger partial charge in [0.1, 0.15) is 18.1 Å². The van der Waals surface area contributed by atoms with Crippen LogP contribution in [0.2, 0.25) is 0 Å². The monoisotopic (exact) mass is 276 g/mol. The number of ether oxygens (including phenoxy) is 1. The van der Waals surface area contributed by atoms with Gasteiger partial charge in [0.05, 0.1) is 5.69 Å². The number of aryl methyl sites for hydroxylation is 1. The number of benzene rings is 1. The maximum Gasteiger partial charge on any atom is 0.355 e. The topological polar surface area (TPSA) is 57.2 Å². The highest BCUT2D eigenvalue weighted by Crippen LogP contribution is 2.14. The number of nitrogens with zero attached hydrogens (tertiary/aromatic N) is 1. The zero-order chi connectivity index (χ0) is 14.5.